The van der Waals surface area contributed by atoms with Crippen LogP contribution in [-0.4, -0.2) is 35.2 Å². The number of imide groups is 1. The van der Waals surface area contributed by atoms with Crippen LogP contribution in [-0.2, 0) is 19.9 Å². The zero-order valence-electron chi connectivity index (χ0n) is 17.6. The highest BCUT2D eigenvalue weighted by atomic mass is 35.5. The molecule has 0 aliphatic carbocycles. The van der Waals surface area contributed by atoms with Gasteiger partial charge in [0.15, 0.2) is 0 Å². The van der Waals surface area contributed by atoms with Gasteiger partial charge >= 0.3 is 0 Å². The maximum atomic E-state index is 14.0. The molecule has 164 valence electrons. The van der Waals surface area contributed by atoms with E-state index in [1.54, 1.807) is 24.3 Å². The van der Waals surface area contributed by atoms with E-state index < -0.39 is 17.4 Å². The number of anilines is 2. The zero-order chi connectivity index (χ0) is 22.5. The molecule has 0 aromatic heterocycles. The first-order valence-corrected chi connectivity index (χ1v) is 11.6. The number of amides is 3. The number of nitrogens with one attached hydrogen (secondary N) is 1. The monoisotopic (exact) mass is 469 g/mol. The standard InChI is InChI=1S/C24H21Cl2N3O3/c1-11-5-6-13(25)10-17(11)29-21(30)18-16-4-3-9-28(16)24(19(18)22(29)31)14-7-8-15(26)12(2)20(14)27-23(24)32/h5-8,10,16,18-19H,3-4,9H2,1-2H3,(H,27,32)/t16-,18-,19+,24-/m1/s1. The minimum atomic E-state index is -1.20. The fourth-order valence-corrected chi connectivity index (χ4v) is 6.78. The molecule has 4 aliphatic rings. The molecule has 3 fully saturated rings. The summed E-state index contributed by atoms with van der Waals surface area (Å²) in [4.78, 5) is 44.8. The minimum absolute atomic E-state index is 0.159. The molecule has 1 spiro atoms. The van der Waals surface area contributed by atoms with Crippen molar-refractivity contribution >= 4 is 52.3 Å². The van der Waals surface area contributed by atoms with Crippen LogP contribution < -0.4 is 10.2 Å². The Bertz CT molecular complexity index is 1250. The van der Waals surface area contributed by atoms with E-state index in [2.05, 4.69) is 10.2 Å². The van der Waals surface area contributed by atoms with E-state index in [-0.39, 0.29) is 23.8 Å². The highest BCUT2D eigenvalue weighted by Gasteiger charge is 2.74. The van der Waals surface area contributed by atoms with Gasteiger partial charge in [0.25, 0.3) is 0 Å². The summed E-state index contributed by atoms with van der Waals surface area (Å²) in [5, 5.41) is 4.01. The molecule has 2 aromatic carbocycles. The number of nitrogens with zero attached hydrogens (tertiary/aromatic N) is 2. The van der Waals surface area contributed by atoms with Gasteiger partial charge in [-0.25, -0.2) is 4.90 Å². The normalized spacial score (nSPS) is 30.8. The van der Waals surface area contributed by atoms with Gasteiger partial charge in [-0.05, 0) is 62.6 Å². The van der Waals surface area contributed by atoms with Crippen molar-refractivity contribution in [2.45, 2.75) is 38.3 Å². The lowest BCUT2D eigenvalue weighted by Crippen LogP contribution is -2.54. The molecule has 8 heteroatoms. The lowest BCUT2D eigenvalue weighted by Gasteiger charge is -2.36. The lowest BCUT2D eigenvalue weighted by molar-refractivity contribution is -0.135. The number of rotatable bonds is 1. The van der Waals surface area contributed by atoms with Crippen molar-refractivity contribution in [1.29, 1.82) is 0 Å². The van der Waals surface area contributed by atoms with Crippen molar-refractivity contribution in [2.24, 2.45) is 11.8 Å². The van der Waals surface area contributed by atoms with Crippen molar-refractivity contribution in [1.82, 2.24) is 4.90 Å². The zero-order valence-corrected chi connectivity index (χ0v) is 19.1. The largest absolute Gasteiger partial charge is 0.324 e. The minimum Gasteiger partial charge on any atom is -0.324 e. The van der Waals surface area contributed by atoms with Crippen LogP contribution in [0.2, 0.25) is 10.0 Å². The van der Waals surface area contributed by atoms with Gasteiger partial charge in [-0.3, -0.25) is 19.3 Å². The van der Waals surface area contributed by atoms with Crippen LogP contribution in [0.15, 0.2) is 30.3 Å². The maximum Gasteiger partial charge on any atom is 0.250 e. The summed E-state index contributed by atoms with van der Waals surface area (Å²) < 4.78 is 0. The van der Waals surface area contributed by atoms with Crippen molar-refractivity contribution in [3.8, 4) is 0 Å². The van der Waals surface area contributed by atoms with Gasteiger partial charge in [0.05, 0.1) is 23.2 Å². The molecule has 0 saturated carbocycles. The van der Waals surface area contributed by atoms with E-state index in [1.165, 1.54) is 4.90 Å². The second kappa shape index (κ2) is 6.56. The summed E-state index contributed by atoms with van der Waals surface area (Å²) in [5.41, 5.74) is 2.25. The number of carbonyl (C=O) groups is 3. The fourth-order valence-electron chi connectivity index (χ4n) is 6.45. The second-order valence-electron chi connectivity index (χ2n) is 9.16. The third-order valence-electron chi connectivity index (χ3n) is 7.77. The molecular weight excluding hydrogens is 449 g/mol. The molecular formula is C24H21Cl2N3O3. The summed E-state index contributed by atoms with van der Waals surface area (Å²) in [6, 6.07) is 8.64. The summed E-state index contributed by atoms with van der Waals surface area (Å²) >= 11 is 12.5. The lowest BCUT2D eigenvalue weighted by atomic mass is 9.75. The molecule has 3 saturated heterocycles. The Labute approximate surface area is 195 Å². The third kappa shape index (κ3) is 2.23. The molecule has 0 bridgehead atoms. The van der Waals surface area contributed by atoms with Crippen molar-refractivity contribution in [2.75, 3.05) is 16.8 Å². The topological polar surface area (TPSA) is 69.7 Å². The number of hydrogen-bond donors (Lipinski definition) is 1. The van der Waals surface area contributed by atoms with E-state index in [4.69, 9.17) is 23.2 Å². The average molecular weight is 470 g/mol. The molecule has 6 rings (SSSR count). The maximum absolute atomic E-state index is 14.0. The van der Waals surface area contributed by atoms with E-state index >= 15 is 0 Å². The predicted octanol–water partition coefficient (Wildman–Crippen LogP) is 4.04. The van der Waals surface area contributed by atoms with E-state index in [0.29, 0.717) is 28.0 Å². The summed E-state index contributed by atoms with van der Waals surface area (Å²) in [7, 11) is 0. The fraction of sp³-hybridized carbons (Fsp3) is 0.375. The number of aryl methyl sites for hydroxylation is 1. The van der Waals surface area contributed by atoms with Crippen LogP contribution in [0.5, 0.6) is 0 Å². The van der Waals surface area contributed by atoms with Crippen LogP contribution in [0.25, 0.3) is 0 Å². The first-order chi connectivity index (χ1) is 15.3. The SMILES string of the molecule is Cc1ccc(Cl)cc1N1C(=O)[C@@H]2[C@H]3CCCN3[C@@]3(C(=O)Nc4c3ccc(Cl)c4C)[C@@H]2C1=O. The van der Waals surface area contributed by atoms with Gasteiger partial charge in [-0.2, -0.15) is 0 Å². The van der Waals surface area contributed by atoms with Gasteiger partial charge in [0.1, 0.15) is 5.54 Å². The summed E-state index contributed by atoms with van der Waals surface area (Å²) in [6.07, 6.45) is 1.65. The molecule has 0 unspecified atom stereocenters. The smallest absolute Gasteiger partial charge is 0.250 e. The molecule has 1 N–H and O–H groups in total. The molecule has 0 radical (unpaired) electrons. The Kier molecular flexibility index (Phi) is 4.15. The highest BCUT2D eigenvalue weighted by molar-refractivity contribution is 6.33. The van der Waals surface area contributed by atoms with E-state index in [1.807, 2.05) is 19.9 Å². The van der Waals surface area contributed by atoms with E-state index in [9.17, 15) is 14.4 Å². The summed E-state index contributed by atoms with van der Waals surface area (Å²) in [6.45, 7) is 4.38. The quantitative estimate of drug-likeness (QED) is 0.639. The first-order valence-electron chi connectivity index (χ1n) is 10.8. The number of fused-ring (bicyclic) bond motifs is 7. The Hall–Kier alpha value is -2.41. The second-order valence-corrected chi connectivity index (χ2v) is 10.0. The van der Waals surface area contributed by atoms with Crippen LogP contribution >= 0.6 is 23.2 Å². The average Bonchev–Trinajstić information content (AvgIpc) is 3.46. The van der Waals surface area contributed by atoms with Crippen molar-refractivity contribution < 1.29 is 14.4 Å². The molecule has 4 aliphatic heterocycles. The van der Waals surface area contributed by atoms with Crippen molar-refractivity contribution in [3.63, 3.8) is 0 Å². The summed E-state index contributed by atoms with van der Waals surface area (Å²) in [5.74, 6) is -2.19. The molecule has 3 amide bonds. The molecule has 2 aromatic rings. The van der Waals surface area contributed by atoms with Crippen LogP contribution in [0.3, 0.4) is 0 Å². The van der Waals surface area contributed by atoms with Gasteiger partial charge < -0.3 is 5.32 Å². The van der Waals surface area contributed by atoms with Crippen LogP contribution in [0.1, 0.15) is 29.5 Å². The Morgan fingerprint density at radius 3 is 2.62 bits per heavy atom. The van der Waals surface area contributed by atoms with Gasteiger partial charge in [-0.15, -0.1) is 0 Å². The molecule has 6 nitrogen and oxygen atoms in total. The highest BCUT2D eigenvalue weighted by Crippen LogP contribution is 2.61. The third-order valence-corrected chi connectivity index (χ3v) is 8.42. The predicted molar refractivity (Wildman–Crippen MR) is 122 cm³/mol. The number of carbonyl (C=O) groups excluding carboxylic acids is 3. The first kappa shape index (κ1) is 20.2. The number of benzene rings is 2. The van der Waals surface area contributed by atoms with Crippen molar-refractivity contribution in [3.05, 3.63) is 57.1 Å². The molecule has 4 atom stereocenters. The van der Waals surface area contributed by atoms with E-state index in [0.717, 1.165) is 29.5 Å². The number of hydrogen-bond acceptors (Lipinski definition) is 4. The Morgan fingerprint density at radius 2 is 1.84 bits per heavy atom. The van der Waals surface area contributed by atoms with Gasteiger partial charge in [-0.1, -0.05) is 35.3 Å². The van der Waals surface area contributed by atoms with Crippen LogP contribution in [0, 0.1) is 25.7 Å². The molecule has 4 heterocycles. The van der Waals surface area contributed by atoms with Crippen LogP contribution in [0.4, 0.5) is 11.4 Å². The Morgan fingerprint density at radius 1 is 1.06 bits per heavy atom. The van der Waals surface area contributed by atoms with Gasteiger partial charge in [0.2, 0.25) is 17.7 Å². The Balaban J connectivity index is 1.58. The number of halogens is 2. The molecule has 32 heavy (non-hydrogen) atoms. The van der Waals surface area contributed by atoms with Gasteiger partial charge in [0, 0.05) is 21.7 Å².